The van der Waals surface area contributed by atoms with E-state index in [-0.39, 0.29) is 24.2 Å². The summed E-state index contributed by atoms with van der Waals surface area (Å²) in [6.07, 6.45) is -0.754. The van der Waals surface area contributed by atoms with E-state index >= 15 is 0 Å². The van der Waals surface area contributed by atoms with E-state index < -0.39 is 22.7 Å². The van der Waals surface area contributed by atoms with Crippen molar-refractivity contribution in [3.8, 4) is 5.69 Å². The fraction of sp³-hybridized carbons (Fsp3) is 0.389. The molecule has 1 aromatic heterocycles. The zero-order chi connectivity index (χ0) is 21.6. The second-order valence-corrected chi connectivity index (χ2v) is 5.96. The first-order valence-corrected chi connectivity index (χ1v) is 8.54. The minimum absolute atomic E-state index is 0.105. The van der Waals surface area contributed by atoms with Gasteiger partial charge >= 0.3 is 5.97 Å². The standard InChI is InChI=1S/C18H22N4O7/c1-11(19-10-16(28-3)29-4)17-14(9-15(23)27-2)20-21(18(17)24)12-5-7-13(8-6-12)22(25)26/h5-8,16,20H,9-10H2,1-4H3. The average Bonchev–Trinajstić information content (AvgIpc) is 3.04. The van der Waals surface area contributed by atoms with Crippen molar-refractivity contribution in [2.24, 2.45) is 4.99 Å². The van der Waals surface area contributed by atoms with Gasteiger partial charge in [0.15, 0.2) is 6.29 Å². The van der Waals surface area contributed by atoms with Crippen molar-refractivity contribution in [3.05, 3.63) is 56.0 Å². The maximum Gasteiger partial charge on any atom is 0.311 e. The van der Waals surface area contributed by atoms with Gasteiger partial charge in [-0.05, 0) is 19.1 Å². The Morgan fingerprint density at radius 1 is 1.24 bits per heavy atom. The van der Waals surface area contributed by atoms with E-state index in [4.69, 9.17) is 14.2 Å². The molecule has 0 amide bonds. The van der Waals surface area contributed by atoms with Gasteiger partial charge < -0.3 is 14.2 Å². The van der Waals surface area contributed by atoms with Crippen LogP contribution in [0.1, 0.15) is 18.2 Å². The fourth-order valence-corrected chi connectivity index (χ4v) is 2.64. The average molecular weight is 406 g/mol. The van der Waals surface area contributed by atoms with Crippen molar-refractivity contribution in [2.75, 3.05) is 27.9 Å². The lowest BCUT2D eigenvalue weighted by atomic mass is 10.1. The van der Waals surface area contributed by atoms with Crippen molar-refractivity contribution < 1.29 is 23.9 Å². The topological polar surface area (TPSA) is 138 Å². The normalized spacial score (nSPS) is 11.7. The van der Waals surface area contributed by atoms with Crippen LogP contribution in [-0.4, -0.2) is 60.5 Å². The number of H-pyrrole nitrogens is 1. The Balaban J connectivity index is 2.51. The number of ether oxygens (including phenoxy) is 3. The van der Waals surface area contributed by atoms with E-state index in [9.17, 15) is 19.7 Å². The summed E-state index contributed by atoms with van der Waals surface area (Å²) in [5.74, 6) is -0.539. The number of aromatic nitrogens is 2. The molecule has 2 aromatic rings. The molecule has 156 valence electrons. The molecular weight excluding hydrogens is 384 g/mol. The molecule has 0 unspecified atom stereocenters. The Bertz CT molecular complexity index is 956. The van der Waals surface area contributed by atoms with Crippen LogP contribution in [0.25, 0.3) is 5.69 Å². The molecule has 0 radical (unpaired) electrons. The predicted octanol–water partition coefficient (Wildman–Crippen LogP) is 1.22. The van der Waals surface area contributed by atoms with Gasteiger partial charge in [0.05, 0.1) is 41.9 Å². The van der Waals surface area contributed by atoms with E-state index in [0.717, 1.165) is 0 Å². The summed E-state index contributed by atoms with van der Waals surface area (Å²) in [4.78, 5) is 39.4. The largest absolute Gasteiger partial charge is 0.469 e. The third kappa shape index (κ3) is 5.15. The molecule has 1 aromatic carbocycles. The van der Waals surface area contributed by atoms with E-state index in [2.05, 4.69) is 10.1 Å². The summed E-state index contributed by atoms with van der Waals surface area (Å²) in [6.45, 7) is 1.78. The molecule has 29 heavy (non-hydrogen) atoms. The fourth-order valence-electron chi connectivity index (χ4n) is 2.64. The zero-order valence-electron chi connectivity index (χ0n) is 16.5. The van der Waals surface area contributed by atoms with Crippen LogP contribution in [0.15, 0.2) is 34.1 Å². The predicted molar refractivity (Wildman–Crippen MR) is 104 cm³/mol. The number of benzene rings is 1. The van der Waals surface area contributed by atoms with E-state index in [1.807, 2.05) is 0 Å². The van der Waals surface area contributed by atoms with Crippen molar-refractivity contribution in [1.82, 2.24) is 9.78 Å². The number of aromatic amines is 1. The summed E-state index contributed by atoms with van der Waals surface area (Å²) in [6, 6.07) is 5.43. The molecule has 0 atom stereocenters. The number of nitrogens with one attached hydrogen (secondary N) is 1. The number of esters is 1. The first kappa shape index (κ1) is 22.0. The lowest BCUT2D eigenvalue weighted by Gasteiger charge is -2.10. The molecule has 0 spiro atoms. The SMILES string of the molecule is COC(=O)Cc1[nH]n(-c2ccc([N+](=O)[O-])cc2)c(=O)c1C(C)=NCC(OC)OC. The molecule has 11 nitrogen and oxygen atoms in total. The number of carbonyl (C=O) groups is 1. The first-order valence-electron chi connectivity index (χ1n) is 8.54. The summed E-state index contributed by atoms with van der Waals surface area (Å²) >= 11 is 0. The number of non-ortho nitro benzene ring substituents is 1. The van der Waals surface area contributed by atoms with Crippen LogP contribution >= 0.6 is 0 Å². The highest BCUT2D eigenvalue weighted by Gasteiger charge is 2.21. The summed E-state index contributed by atoms with van der Waals surface area (Å²) in [7, 11) is 4.19. The Morgan fingerprint density at radius 3 is 2.38 bits per heavy atom. The van der Waals surface area contributed by atoms with Gasteiger partial charge in [-0.1, -0.05) is 0 Å². The van der Waals surface area contributed by atoms with Gasteiger partial charge in [-0.25, -0.2) is 4.68 Å². The number of nitrogens with zero attached hydrogens (tertiary/aromatic N) is 3. The highest BCUT2D eigenvalue weighted by atomic mass is 16.7. The van der Waals surface area contributed by atoms with Crippen LogP contribution in [0.3, 0.4) is 0 Å². The van der Waals surface area contributed by atoms with Gasteiger partial charge in [0, 0.05) is 32.1 Å². The van der Waals surface area contributed by atoms with Gasteiger partial charge in [0.1, 0.15) is 0 Å². The third-order valence-corrected chi connectivity index (χ3v) is 4.20. The van der Waals surface area contributed by atoms with Gasteiger partial charge in [-0.2, -0.15) is 0 Å². The molecule has 0 aliphatic heterocycles. The minimum Gasteiger partial charge on any atom is -0.469 e. The molecule has 0 saturated carbocycles. The number of carbonyl (C=O) groups excluding carboxylic acids is 1. The number of hydrogen-bond donors (Lipinski definition) is 1. The van der Waals surface area contributed by atoms with Crippen LogP contribution in [0, 0.1) is 10.1 Å². The molecule has 0 aliphatic carbocycles. The summed E-state index contributed by atoms with van der Waals surface area (Å²) < 4.78 is 16.1. The maximum absolute atomic E-state index is 13.0. The Morgan fingerprint density at radius 2 is 1.86 bits per heavy atom. The van der Waals surface area contributed by atoms with Crippen LogP contribution < -0.4 is 5.56 Å². The summed E-state index contributed by atoms with van der Waals surface area (Å²) in [5, 5.41) is 13.7. The lowest BCUT2D eigenvalue weighted by molar-refractivity contribution is -0.384. The van der Waals surface area contributed by atoms with Crippen molar-refractivity contribution >= 4 is 17.4 Å². The number of nitro groups is 1. The van der Waals surface area contributed by atoms with E-state index in [1.165, 1.54) is 50.3 Å². The van der Waals surface area contributed by atoms with Crippen LogP contribution in [0.5, 0.6) is 0 Å². The number of hydrogen-bond acceptors (Lipinski definition) is 8. The molecule has 2 rings (SSSR count). The molecule has 11 heteroatoms. The van der Waals surface area contributed by atoms with Crippen molar-refractivity contribution in [3.63, 3.8) is 0 Å². The van der Waals surface area contributed by atoms with Crippen LogP contribution in [0.4, 0.5) is 5.69 Å². The molecule has 0 aliphatic rings. The molecular formula is C18H22N4O7. The highest BCUT2D eigenvalue weighted by molar-refractivity contribution is 6.00. The zero-order valence-corrected chi connectivity index (χ0v) is 16.5. The van der Waals surface area contributed by atoms with Gasteiger partial charge in [0.2, 0.25) is 0 Å². The number of methoxy groups -OCH3 is 3. The number of rotatable bonds is 9. The quantitative estimate of drug-likeness (QED) is 0.217. The Labute approximate surface area is 166 Å². The van der Waals surface area contributed by atoms with Crippen molar-refractivity contribution in [1.29, 1.82) is 0 Å². The Hall–Kier alpha value is -3.31. The first-order chi connectivity index (χ1) is 13.8. The molecule has 0 bridgehead atoms. The maximum atomic E-state index is 13.0. The third-order valence-electron chi connectivity index (χ3n) is 4.20. The number of aliphatic imine (C=N–C) groups is 1. The summed E-state index contributed by atoms with van der Waals surface area (Å²) in [5.41, 5.74) is 0.714. The van der Waals surface area contributed by atoms with Gasteiger partial charge in [-0.3, -0.25) is 29.8 Å². The van der Waals surface area contributed by atoms with Crippen molar-refractivity contribution in [2.45, 2.75) is 19.6 Å². The van der Waals surface area contributed by atoms with Crippen LogP contribution in [0.2, 0.25) is 0 Å². The highest BCUT2D eigenvalue weighted by Crippen LogP contribution is 2.15. The van der Waals surface area contributed by atoms with Crippen LogP contribution in [-0.2, 0) is 25.4 Å². The lowest BCUT2D eigenvalue weighted by Crippen LogP contribution is -2.22. The molecule has 0 saturated heterocycles. The second-order valence-electron chi connectivity index (χ2n) is 5.96. The monoisotopic (exact) mass is 406 g/mol. The van der Waals surface area contributed by atoms with Gasteiger partial charge in [0.25, 0.3) is 11.2 Å². The van der Waals surface area contributed by atoms with E-state index in [1.54, 1.807) is 6.92 Å². The molecule has 1 heterocycles. The molecule has 1 N–H and O–H groups in total. The van der Waals surface area contributed by atoms with Gasteiger partial charge in [-0.15, -0.1) is 0 Å². The number of nitro benzene ring substituents is 1. The molecule has 0 fully saturated rings. The smallest absolute Gasteiger partial charge is 0.311 e. The Kier molecular flexibility index (Phi) is 7.39. The minimum atomic E-state index is -0.579. The van der Waals surface area contributed by atoms with E-state index in [0.29, 0.717) is 17.1 Å². The second kappa shape index (κ2) is 9.75.